The molecule has 0 bridgehead atoms. The molecule has 6 nitrogen and oxygen atoms in total. The lowest BCUT2D eigenvalue weighted by Gasteiger charge is -1.99. The average molecular weight is 299 g/mol. The molecule has 0 radical (unpaired) electrons. The summed E-state index contributed by atoms with van der Waals surface area (Å²) in [7, 11) is 0. The minimum absolute atomic E-state index is 0.159. The Bertz CT molecular complexity index is 620. The maximum atomic E-state index is 11.0. The Morgan fingerprint density at radius 1 is 1.41 bits per heavy atom. The summed E-state index contributed by atoms with van der Waals surface area (Å²) in [4.78, 5) is 25.5. The predicted octanol–water partition coefficient (Wildman–Crippen LogP) is 1.42. The van der Waals surface area contributed by atoms with Crippen LogP contribution >= 0.6 is 15.9 Å². The predicted molar refractivity (Wildman–Crippen MR) is 61.2 cm³/mol. The first-order chi connectivity index (χ1) is 8.00. The number of nitrogens with zero attached hydrogens (tertiary/aromatic N) is 2. The average Bonchev–Trinajstić information content (AvgIpc) is 2.58. The van der Waals surface area contributed by atoms with Crippen molar-refractivity contribution in [1.82, 2.24) is 9.38 Å². The van der Waals surface area contributed by atoms with Gasteiger partial charge in [-0.1, -0.05) is 0 Å². The van der Waals surface area contributed by atoms with E-state index in [0.717, 1.165) is 0 Å². The van der Waals surface area contributed by atoms with Crippen LogP contribution in [0.1, 0.15) is 16.3 Å². The Morgan fingerprint density at radius 2 is 2.12 bits per heavy atom. The maximum Gasteiger partial charge on any atom is 0.356 e. The molecule has 2 aromatic heterocycles. The molecule has 0 aliphatic heterocycles. The molecule has 7 heteroatoms. The van der Waals surface area contributed by atoms with Crippen LogP contribution in [0.25, 0.3) is 5.52 Å². The zero-order valence-corrected chi connectivity index (χ0v) is 10.0. The highest BCUT2D eigenvalue weighted by molar-refractivity contribution is 9.10. The van der Waals surface area contributed by atoms with Crippen LogP contribution in [-0.4, -0.2) is 31.5 Å². The normalized spacial score (nSPS) is 10.6. The molecule has 0 aromatic carbocycles. The molecular formula is C10H7BrN2O4. The quantitative estimate of drug-likeness (QED) is 0.894. The monoisotopic (exact) mass is 298 g/mol. The van der Waals surface area contributed by atoms with Gasteiger partial charge in [0.1, 0.15) is 12.2 Å². The van der Waals surface area contributed by atoms with Crippen LogP contribution < -0.4 is 0 Å². The molecule has 0 aliphatic rings. The van der Waals surface area contributed by atoms with Crippen LogP contribution in [0, 0.1) is 0 Å². The van der Waals surface area contributed by atoms with Gasteiger partial charge in [0.05, 0.1) is 5.52 Å². The maximum absolute atomic E-state index is 11.0. The number of rotatable bonds is 3. The van der Waals surface area contributed by atoms with E-state index in [1.807, 2.05) is 0 Å². The van der Waals surface area contributed by atoms with Gasteiger partial charge in [-0.15, -0.1) is 0 Å². The van der Waals surface area contributed by atoms with E-state index in [9.17, 15) is 9.59 Å². The Balaban J connectivity index is 2.75. The van der Waals surface area contributed by atoms with Gasteiger partial charge in [-0.3, -0.25) is 4.79 Å². The lowest BCUT2D eigenvalue weighted by atomic mass is 10.3. The van der Waals surface area contributed by atoms with Crippen molar-refractivity contribution >= 4 is 33.4 Å². The van der Waals surface area contributed by atoms with Crippen LogP contribution in [-0.2, 0) is 11.2 Å². The first kappa shape index (κ1) is 11.6. The number of hydrogen-bond acceptors (Lipinski definition) is 3. The zero-order chi connectivity index (χ0) is 12.6. The van der Waals surface area contributed by atoms with Crippen molar-refractivity contribution in [2.45, 2.75) is 6.42 Å². The van der Waals surface area contributed by atoms with Crippen LogP contribution in [0.3, 0.4) is 0 Å². The number of fused-ring (bicyclic) bond motifs is 1. The summed E-state index contributed by atoms with van der Waals surface area (Å²) in [5.41, 5.74) is 0.199. The lowest BCUT2D eigenvalue weighted by Crippen LogP contribution is -2.04. The second kappa shape index (κ2) is 4.17. The molecule has 0 aliphatic carbocycles. The Morgan fingerprint density at radius 3 is 2.71 bits per heavy atom. The van der Waals surface area contributed by atoms with E-state index in [1.165, 1.54) is 4.40 Å². The molecule has 0 fully saturated rings. The number of carboxylic acids is 2. The van der Waals surface area contributed by atoms with E-state index in [-0.39, 0.29) is 17.9 Å². The van der Waals surface area contributed by atoms with E-state index >= 15 is 0 Å². The van der Waals surface area contributed by atoms with Gasteiger partial charge in [0.25, 0.3) is 0 Å². The third-order valence-corrected chi connectivity index (χ3v) is 2.84. The third-order valence-electron chi connectivity index (χ3n) is 2.20. The van der Waals surface area contributed by atoms with Crippen molar-refractivity contribution in [1.29, 1.82) is 0 Å². The molecule has 0 spiro atoms. The highest BCUT2D eigenvalue weighted by Crippen LogP contribution is 2.23. The van der Waals surface area contributed by atoms with Crippen LogP contribution in [0.5, 0.6) is 0 Å². The fraction of sp³-hybridized carbons (Fsp3) is 0.100. The zero-order valence-electron chi connectivity index (χ0n) is 8.42. The molecule has 0 saturated carbocycles. The number of carbonyl (C=O) groups is 2. The second-order valence-electron chi connectivity index (χ2n) is 3.33. The summed E-state index contributed by atoms with van der Waals surface area (Å²) in [5, 5.41) is 17.7. The van der Waals surface area contributed by atoms with Crippen molar-refractivity contribution < 1.29 is 19.8 Å². The number of carboxylic acid groups (broad SMARTS) is 2. The van der Waals surface area contributed by atoms with Gasteiger partial charge >= 0.3 is 11.9 Å². The van der Waals surface area contributed by atoms with Gasteiger partial charge in [0, 0.05) is 10.7 Å². The molecule has 2 heterocycles. The van der Waals surface area contributed by atoms with E-state index < -0.39 is 11.9 Å². The van der Waals surface area contributed by atoms with Gasteiger partial charge in [0.15, 0.2) is 5.69 Å². The molecule has 0 amide bonds. The van der Waals surface area contributed by atoms with E-state index in [4.69, 9.17) is 10.2 Å². The molecule has 0 saturated heterocycles. The molecular weight excluding hydrogens is 292 g/mol. The van der Waals surface area contributed by atoms with Crippen molar-refractivity contribution in [3.8, 4) is 0 Å². The van der Waals surface area contributed by atoms with Crippen LogP contribution in [0.2, 0.25) is 0 Å². The van der Waals surface area contributed by atoms with Crippen LogP contribution in [0.4, 0.5) is 0 Å². The molecule has 0 unspecified atom stereocenters. The number of imidazole rings is 1. The van der Waals surface area contributed by atoms with Gasteiger partial charge in [-0.05, 0) is 28.1 Å². The summed E-state index contributed by atoms with van der Waals surface area (Å²) in [5.74, 6) is -2.06. The topological polar surface area (TPSA) is 91.9 Å². The summed E-state index contributed by atoms with van der Waals surface area (Å²) >= 11 is 3.22. The number of halogens is 1. The highest BCUT2D eigenvalue weighted by atomic mass is 79.9. The first-order valence-corrected chi connectivity index (χ1v) is 5.40. The number of aliphatic carboxylic acids is 1. The molecule has 17 heavy (non-hydrogen) atoms. The van der Waals surface area contributed by atoms with E-state index in [2.05, 4.69) is 20.9 Å². The molecule has 88 valence electrons. The third kappa shape index (κ3) is 2.01. The molecule has 2 rings (SSSR count). The smallest absolute Gasteiger partial charge is 0.356 e. The fourth-order valence-corrected chi connectivity index (χ4v) is 2.10. The fourth-order valence-electron chi connectivity index (χ4n) is 1.57. The number of hydrogen-bond donors (Lipinski definition) is 2. The first-order valence-electron chi connectivity index (χ1n) is 4.61. The van der Waals surface area contributed by atoms with E-state index in [1.54, 1.807) is 18.3 Å². The minimum Gasteiger partial charge on any atom is -0.481 e. The number of pyridine rings is 1. The Kier molecular flexibility index (Phi) is 2.84. The minimum atomic E-state index is -1.19. The lowest BCUT2D eigenvalue weighted by molar-refractivity contribution is -0.136. The van der Waals surface area contributed by atoms with E-state index in [0.29, 0.717) is 9.99 Å². The standard InChI is InChI=1S/C10H7BrN2O4/c11-5-2-1-3-13-6(4-7(14)15)12-8(9(5)13)10(16)17/h1-3H,4H2,(H,14,15)(H,16,17). The van der Waals surface area contributed by atoms with Gasteiger partial charge in [0.2, 0.25) is 0 Å². The number of aromatic carboxylic acids is 1. The van der Waals surface area contributed by atoms with Gasteiger partial charge < -0.3 is 14.6 Å². The summed E-state index contributed by atoms with van der Waals surface area (Å²) < 4.78 is 2.02. The Hall–Kier alpha value is -1.89. The van der Waals surface area contributed by atoms with Crippen molar-refractivity contribution in [2.75, 3.05) is 0 Å². The van der Waals surface area contributed by atoms with Crippen molar-refractivity contribution in [3.05, 3.63) is 34.3 Å². The van der Waals surface area contributed by atoms with Crippen molar-refractivity contribution in [2.24, 2.45) is 0 Å². The molecule has 2 N–H and O–H groups in total. The Labute approximate surface area is 104 Å². The van der Waals surface area contributed by atoms with Gasteiger partial charge in [-0.25, -0.2) is 9.78 Å². The highest BCUT2D eigenvalue weighted by Gasteiger charge is 2.19. The largest absolute Gasteiger partial charge is 0.481 e. The second-order valence-corrected chi connectivity index (χ2v) is 4.18. The van der Waals surface area contributed by atoms with Crippen LogP contribution in [0.15, 0.2) is 22.8 Å². The van der Waals surface area contributed by atoms with Crippen molar-refractivity contribution in [3.63, 3.8) is 0 Å². The molecule has 2 aromatic rings. The summed E-state index contributed by atoms with van der Waals surface area (Å²) in [6.07, 6.45) is 1.25. The van der Waals surface area contributed by atoms with Gasteiger partial charge in [-0.2, -0.15) is 0 Å². The summed E-state index contributed by atoms with van der Waals surface area (Å²) in [6, 6.07) is 3.35. The molecule has 0 atom stereocenters. The SMILES string of the molecule is O=C(O)Cc1nc(C(=O)O)c2c(Br)cccn12. The summed E-state index contributed by atoms with van der Waals surface area (Å²) in [6.45, 7) is 0. The number of aromatic nitrogens is 2.